The van der Waals surface area contributed by atoms with E-state index in [1.165, 1.54) is 12.3 Å². The molecule has 0 amide bonds. The van der Waals surface area contributed by atoms with E-state index in [-0.39, 0.29) is 17.0 Å². The summed E-state index contributed by atoms with van der Waals surface area (Å²) >= 11 is 0. The van der Waals surface area contributed by atoms with Gasteiger partial charge in [0.05, 0.1) is 11.9 Å². The van der Waals surface area contributed by atoms with Crippen molar-refractivity contribution in [3.05, 3.63) is 18.3 Å². The van der Waals surface area contributed by atoms with Crippen molar-refractivity contribution in [3.8, 4) is 0 Å². The van der Waals surface area contributed by atoms with Crippen LogP contribution < -0.4 is 5.32 Å². The van der Waals surface area contributed by atoms with Crippen molar-refractivity contribution in [1.82, 2.24) is 4.98 Å². The van der Waals surface area contributed by atoms with Crippen molar-refractivity contribution in [2.24, 2.45) is 5.41 Å². The van der Waals surface area contributed by atoms with E-state index in [0.717, 1.165) is 11.9 Å². The summed E-state index contributed by atoms with van der Waals surface area (Å²) in [5.74, 6) is 0. The number of pyridine rings is 1. The number of nitrogens with one attached hydrogen (secondary N) is 1. The van der Waals surface area contributed by atoms with Crippen LogP contribution in [0.1, 0.15) is 13.8 Å². The Kier molecular flexibility index (Phi) is 4.11. The molecule has 0 atom stereocenters. The van der Waals surface area contributed by atoms with Crippen LogP contribution in [0.5, 0.6) is 0 Å². The van der Waals surface area contributed by atoms with Gasteiger partial charge in [-0.3, -0.25) is 0 Å². The van der Waals surface area contributed by atoms with E-state index in [9.17, 15) is 8.42 Å². The van der Waals surface area contributed by atoms with Gasteiger partial charge in [0.15, 0.2) is 14.9 Å². The first-order valence-electron chi connectivity index (χ1n) is 5.25. The fourth-order valence-electron chi connectivity index (χ4n) is 1.10. The van der Waals surface area contributed by atoms with E-state index in [0.29, 0.717) is 6.54 Å². The highest BCUT2D eigenvalue weighted by Gasteiger charge is 2.16. The second kappa shape index (κ2) is 5.01. The molecule has 17 heavy (non-hydrogen) atoms. The fraction of sp³-hybridized carbons (Fsp3) is 0.545. The van der Waals surface area contributed by atoms with Crippen molar-refractivity contribution in [3.63, 3.8) is 0 Å². The van der Waals surface area contributed by atoms with Crippen LogP contribution in [-0.4, -0.2) is 37.9 Å². The number of aromatic nitrogens is 1. The highest BCUT2D eigenvalue weighted by molar-refractivity contribution is 7.90. The van der Waals surface area contributed by atoms with Gasteiger partial charge in [-0.15, -0.1) is 0 Å². The summed E-state index contributed by atoms with van der Waals surface area (Å²) < 4.78 is 22.4. The zero-order valence-electron chi connectivity index (χ0n) is 10.3. The van der Waals surface area contributed by atoms with Crippen molar-refractivity contribution >= 4 is 15.5 Å². The molecule has 0 unspecified atom stereocenters. The van der Waals surface area contributed by atoms with Crippen LogP contribution >= 0.6 is 0 Å². The number of rotatable bonds is 5. The van der Waals surface area contributed by atoms with E-state index in [1.807, 2.05) is 13.8 Å². The number of hydrogen-bond acceptors (Lipinski definition) is 5. The minimum Gasteiger partial charge on any atom is -0.396 e. The number of nitrogens with zero attached hydrogens (tertiary/aromatic N) is 1. The molecule has 0 aromatic carbocycles. The number of anilines is 1. The largest absolute Gasteiger partial charge is 0.396 e. The molecule has 0 aliphatic heterocycles. The molecule has 0 radical (unpaired) electrons. The lowest BCUT2D eigenvalue weighted by Crippen LogP contribution is -2.26. The molecule has 0 saturated heterocycles. The Labute approximate surface area is 102 Å². The summed E-state index contributed by atoms with van der Waals surface area (Å²) in [6.45, 7) is 4.52. The Hall–Kier alpha value is -1.14. The monoisotopic (exact) mass is 258 g/mol. The van der Waals surface area contributed by atoms with E-state index in [1.54, 1.807) is 6.07 Å². The molecule has 1 aromatic rings. The quantitative estimate of drug-likeness (QED) is 0.821. The molecule has 2 N–H and O–H groups in total. The molecule has 0 saturated carbocycles. The van der Waals surface area contributed by atoms with Gasteiger partial charge in [-0.25, -0.2) is 13.4 Å². The van der Waals surface area contributed by atoms with Crippen LogP contribution in [-0.2, 0) is 9.84 Å². The topological polar surface area (TPSA) is 79.3 Å². The van der Waals surface area contributed by atoms with Crippen LogP contribution in [0.2, 0.25) is 0 Å². The van der Waals surface area contributed by atoms with Gasteiger partial charge in [0.2, 0.25) is 0 Å². The molecule has 0 spiro atoms. The minimum absolute atomic E-state index is 0.0597. The zero-order chi connectivity index (χ0) is 13.1. The van der Waals surface area contributed by atoms with Gasteiger partial charge in [0.1, 0.15) is 0 Å². The van der Waals surface area contributed by atoms with E-state index >= 15 is 0 Å². The van der Waals surface area contributed by atoms with Crippen LogP contribution in [0.15, 0.2) is 23.4 Å². The lowest BCUT2D eigenvalue weighted by Gasteiger charge is -2.22. The molecular formula is C11H18N2O3S. The average Bonchev–Trinajstić information content (AvgIpc) is 2.26. The maximum atomic E-state index is 11.2. The summed E-state index contributed by atoms with van der Waals surface area (Å²) in [6, 6.07) is 3.13. The van der Waals surface area contributed by atoms with Crippen molar-refractivity contribution in [2.75, 3.05) is 24.7 Å². The number of aliphatic hydroxyl groups is 1. The second-order valence-electron chi connectivity index (χ2n) is 4.83. The number of sulfone groups is 1. The van der Waals surface area contributed by atoms with Crippen LogP contribution in [0.4, 0.5) is 5.69 Å². The average molecular weight is 258 g/mol. The third kappa shape index (κ3) is 4.32. The first kappa shape index (κ1) is 13.9. The summed E-state index contributed by atoms with van der Waals surface area (Å²) in [5, 5.41) is 12.2. The molecule has 0 fully saturated rings. The first-order valence-corrected chi connectivity index (χ1v) is 7.15. The Balaban J connectivity index is 2.70. The smallest absolute Gasteiger partial charge is 0.192 e. The molecule has 1 aromatic heterocycles. The Bertz CT molecular complexity index is 466. The SMILES string of the molecule is CC(C)(CO)CNc1ccc(S(C)(=O)=O)nc1. The van der Waals surface area contributed by atoms with E-state index < -0.39 is 9.84 Å². The van der Waals surface area contributed by atoms with Crippen LogP contribution in [0.25, 0.3) is 0 Å². The molecule has 5 nitrogen and oxygen atoms in total. The van der Waals surface area contributed by atoms with Crippen molar-refractivity contribution < 1.29 is 13.5 Å². The number of hydrogen-bond donors (Lipinski definition) is 2. The molecular weight excluding hydrogens is 240 g/mol. The molecule has 6 heteroatoms. The first-order chi connectivity index (χ1) is 7.74. The van der Waals surface area contributed by atoms with E-state index in [4.69, 9.17) is 5.11 Å². The highest BCUT2D eigenvalue weighted by atomic mass is 32.2. The molecule has 0 bridgehead atoms. The molecule has 96 valence electrons. The Morgan fingerprint density at radius 1 is 1.41 bits per heavy atom. The maximum absolute atomic E-state index is 11.2. The fourth-order valence-corrected chi connectivity index (χ4v) is 1.66. The van der Waals surface area contributed by atoms with Gasteiger partial charge in [-0.05, 0) is 12.1 Å². The summed E-state index contributed by atoms with van der Waals surface area (Å²) in [5.41, 5.74) is 0.508. The predicted octanol–water partition coefficient (Wildman–Crippen LogP) is 0.915. The summed E-state index contributed by atoms with van der Waals surface area (Å²) in [6.07, 6.45) is 2.60. The molecule has 0 aliphatic carbocycles. The van der Waals surface area contributed by atoms with Gasteiger partial charge in [-0.1, -0.05) is 13.8 Å². The second-order valence-corrected chi connectivity index (χ2v) is 6.80. The van der Waals surface area contributed by atoms with Gasteiger partial charge < -0.3 is 10.4 Å². The normalized spacial score (nSPS) is 12.5. The standard InChI is InChI=1S/C11H18N2O3S/c1-11(2,8-14)7-13-9-4-5-10(12-6-9)17(3,15)16/h4-6,13-14H,7-8H2,1-3H3. The van der Waals surface area contributed by atoms with Crippen LogP contribution in [0.3, 0.4) is 0 Å². The minimum atomic E-state index is -3.25. The van der Waals surface area contributed by atoms with Crippen molar-refractivity contribution in [2.45, 2.75) is 18.9 Å². The van der Waals surface area contributed by atoms with Crippen molar-refractivity contribution in [1.29, 1.82) is 0 Å². The zero-order valence-corrected chi connectivity index (χ0v) is 11.1. The summed E-state index contributed by atoms with van der Waals surface area (Å²) in [4.78, 5) is 3.86. The lowest BCUT2D eigenvalue weighted by atomic mass is 9.95. The maximum Gasteiger partial charge on any atom is 0.192 e. The molecule has 1 rings (SSSR count). The van der Waals surface area contributed by atoms with Gasteiger partial charge >= 0.3 is 0 Å². The van der Waals surface area contributed by atoms with Gasteiger partial charge in [0.25, 0.3) is 0 Å². The Morgan fingerprint density at radius 3 is 2.47 bits per heavy atom. The highest BCUT2D eigenvalue weighted by Crippen LogP contribution is 2.16. The third-order valence-electron chi connectivity index (χ3n) is 2.32. The van der Waals surface area contributed by atoms with Gasteiger partial charge in [0, 0.05) is 24.8 Å². The van der Waals surface area contributed by atoms with Crippen LogP contribution in [0, 0.1) is 5.41 Å². The predicted molar refractivity (Wildman–Crippen MR) is 66.7 cm³/mol. The third-order valence-corrected chi connectivity index (χ3v) is 3.32. The molecule has 1 heterocycles. The lowest BCUT2D eigenvalue weighted by molar-refractivity contribution is 0.171. The Morgan fingerprint density at radius 2 is 2.06 bits per heavy atom. The van der Waals surface area contributed by atoms with Gasteiger partial charge in [-0.2, -0.15) is 0 Å². The number of aliphatic hydroxyl groups excluding tert-OH is 1. The molecule has 0 aliphatic rings. The summed E-state index contributed by atoms with van der Waals surface area (Å²) in [7, 11) is -3.25. The van der Waals surface area contributed by atoms with E-state index in [2.05, 4.69) is 10.3 Å².